The van der Waals surface area contributed by atoms with Crippen molar-refractivity contribution < 1.29 is 15.0 Å². The second kappa shape index (κ2) is 8.60. The van der Waals surface area contributed by atoms with Crippen LogP contribution < -0.4 is 10.6 Å². The predicted molar refractivity (Wildman–Crippen MR) is 79.3 cm³/mol. The van der Waals surface area contributed by atoms with Crippen LogP contribution in [-0.4, -0.2) is 47.5 Å². The average molecular weight is 286 g/mol. The maximum Gasteiger partial charge on any atom is 0.237 e. The zero-order valence-corrected chi connectivity index (χ0v) is 12.9. The molecule has 0 aliphatic carbocycles. The van der Waals surface area contributed by atoms with E-state index in [1.54, 1.807) is 6.92 Å². The molecule has 5 nitrogen and oxygen atoms in total. The molecule has 1 fully saturated rings. The molecule has 1 aliphatic heterocycles. The number of aliphatic hydroxyl groups excluding tert-OH is 2. The van der Waals surface area contributed by atoms with E-state index in [0.717, 1.165) is 19.4 Å². The standard InChI is InChI=1S/C15H30N2O3/c1-4-10(2)7-12-5-6-16-13(8-12)15(20)17-14(9-18)11(3)19/h10-14,16,18-19H,4-9H2,1-3H3,(H,17,20)/t10?,11-,12?,13?,14-/m1/s1. The Labute approximate surface area is 122 Å². The van der Waals surface area contributed by atoms with Gasteiger partial charge in [0, 0.05) is 0 Å². The molecule has 4 N–H and O–H groups in total. The highest BCUT2D eigenvalue weighted by Crippen LogP contribution is 2.25. The minimum Gasteiger partial charge on any atom is -0.394 e. The summed E-state index contributed by atoms with van der Waals surface area (Å²) in [6.07, 6.45) is 3.56. The normalized spacial score (nSPS) is 27.6. The summed E-state index contributed by atoms with van der Waals surface area (Å²) in [6.45, 7) is 6.64. The van der Waals surface area contributed by atoms with Crippen LogP contribution in [0.25, 0.3) is 0 Å². The molecule has 5 heteroatoms. The van der Waals surface area contributed by atoms with Crippen LogP contribution in [0, 0.1) is 11.8 Å². The van der Waals surface area contributed by atoms with Crippen molar-refractivity contribution in [3.63, 3.8) is 0 Å². The maximum absolute atomic E-state index is 12.2. The summed E-state index contributed by atoms with van der Waals surface area (Å²) in [4.78, 5) is 12.2. The van der Waals surface area contributed by atoms with E-state index in [9.17, 15) is 9.90 Å². The molecule has 1 saturated heterocycles. The summed E-state index contributed by atoms with van der Waals surface area (Å²) in [5.41, 5.74) is 0. The smallest absolute Gasteiger partial charge is 0.237 e. The van der Waals surface area contributed by atoms with Crippen molar-refractivity contribution in [3.8, 4) is 0 Å². The van der Waals surface area contributed by atoms with Gasteiger partial charge in [-0.15, -0.1) is 0 Å². The fourth-order valence-electron chi connectivity index (χ4n) is 2.75. The molecule has 0 saturated carbocycles. The predicted octanol–water partition coefficient (Wildman–Crippen LogP) is 0.649. The van der Waals surface area contributed by atoms with E-state index in [4.69, 9.17) is 5.11 Å². The Balaban J connectivity index is 2.47. The molecule has 1 rings (SSSR count). The molecule has 0 aromatic heterocycles. The summed E-state index contributed by atoms with van der Waals surface area (Å²) in [6, 6.07) is -0.787. The highest BCUT2D eigenvalue weighted by molar-refractivity contribution is 5.82. The molecule has 0 aromatic rings. The summed E-state index contributed by atoms with van der Waals surface area (Å²) in [7, 11) is 0. The molecule has 118 valence electrons. The molecule has 5 atom stereocenters. The summed E-state index contributed by atoms with van der Waals surface area (Å²) < 4.78 is 0. The molecule has 3 unspecified atom stereocenters. The van der Waals surface area contributed by atoms with Crippen molar-refractivity contribution in [2.24, 2.45) is 11.8 Å². The van der Waals surface area contributed by atoms with Crippen LogP contribution in [0.5, 0.6) is 0 Å². The number of rotatable bonds is 7. The van der Waals surface area contributed by atoms with Gasteiger partial charge in [0.15, 0.2) is 0 Å². The lowest BCUT2D eigenvalue weighted by Gasteiger charge is -2.32. The average Bonchev–Trinajstić information content (AvgIpc) is 2.44. The van der Waals surface area contributed by atoms with Crippen LogP contribution in [0.4, 0.5) is 0 Å². The third-order valence-corrected chi connectivity index (χ3v) is 4.37. The van der Waals surface area contributed by atoms with Crippen LogP contribution in [-0.2, 0) is 4.79 Å². The number of amides is 1. The van der Waals surface area contributed by atoms with E-state index in [-0.39, 0.29) is 18.6 Å². The lowest BCUT2D eigenvalue weighted by molar-refractivity contribution is -0.126. The zero-order valence-electron chi connectivity index (χ0n) is 12.9. The molecule has 1 heterocycles. The van der Waals surface area contributed by atoms with Crippen molar-refractivity contribution in [3.05, 3.63) is 0 Å². The Morgan fingerprint density at radius 1 is 1.45 bits per heavy atom. The van der Waals surface area contributed by atoms with Crippen molar-refractivity contribution >= 4 is 5.91 Å². The first kappa shape index (κ1) is 17.4. The monoisotopic (exact) mass is 286 g/mol. The van der Waals surface area contributed by atoms with Crippen molar-refractivity contribution in [2.45, 2.75) is 64.6 Å². The van der Waals surface area contributed by atoms with Gasteiger partial charge in [-0.1, -0.05) is 20.3 Å². The van der Waals surface area contributed by atoms with Gasteiger partial charge < -0.3 is 20.8 Å². The first-order chi connectivity index (χ1) is 9.47. The molecular formula is C15H30N2O3. The Kier molecular flexibility index (Phi) is 7.48. The van der Waals surface area contributed by atoms with E-state index in [0.29, 0.717) is 11.8 Å². The van der Waals surface area contributed by atoms with Gasteiger partial charge in [-0.05, 0) is 44.6 Å². The molecule has 0 spiro atoms. The number of carbonyl (C=O) groups excluding carboxylic acids is 1. The molecule has 1 aliphatic rings. The maximum atomic E-state index is 12.2. The second-order valence-corrected chi connectivity index (χ2v) is 6.18. The summed E-state index contributed by atoms with van der Waals surface area (Å²) in [5, 5.41) is 24.6. The van der Waals surface area contributed by atoms with Gasteiger partial charge in [-0.3, -0.25) is 4.79 Å². The number of hydrogen-bond acceptors (Lipinski definition) is 4. The first-order valence-electron chi connectivity index (χ1n) is 7.80. The molecule has 0 aromatic carbocycles. The van der Waals surface area contributed by atoms with Gasteiger partial charge in [0.05, 0.1) is 24.8 Å². The summed E-state index contributed by atoms with van der Waals surface area (Å²) >= 11 is 0. The lowest BCUT2D eigenvalue weighted by Crippen LogP contribution is -2.54. The fraction of sp³-hybridized carbons (Fsp3) is 0.933. The number of hydrogen-bond donors (Lipinski definition) is 4. The SMILES string of the molecule is CCC(C)CC1CCNC(C(=O)N[C@H](CO)[C@@H](C)O)C1. The Hall–Kier alpha value is -0.650. The van der Waals surface area contributed by atoms with E-state index in [1.165, 1.54) is 12.8 Å². The lowest BCUT2D eigenvalue weighted by atomic mass is 9.84. The van der Waals surface area contributed by atoms with Crippen molar-refractivity contribution in [2.75, 3.05) is 13.2 Å². The van der Waals surface area contributed by atoms with Gasteiger partial charge in [0.25, 0.3) is 0 Å². The Bertz CT molecular complexity index is 297. The molecule has 1 amide bonds. The Morgan fingerprint density at radius 2 is 2.15 bits per heavy atom. The van der Waals surface area contributed by atoms with Gasteiger partial charge in [0.1, 0.15) is 0 Å². The number of nitrogens with one attached hydrogen (secondary N) is 2. The van der Waals surface area contributed by atoms with Crippen LogP contribution in [0.2, 0.25) is 0 Å². The van der Waals surface area contributed by atoms with E-state index >= 15 is 0 Å². The molecular weight excluding hydrogens is 256 g/mol. The minimum atomic E-state index is -0.747. The largest absolute Gasteiger partial charge is 0.394 e. The minimum absolute atomic E-state index is 0.112. The zero-order chi connectivity index (χ0) is 15.1. The van der Waals surface area contributed by atoms with E-state index < -0.39 is 12.1 Å². The van der Waals surface area contributed by atoms with E-state index in [2.05, 4.69) is 24.5 Å². The second-order valence-electron chi connectivity index (χ2n) is 6.18. The first-order valence-corrected chi connectivity index (χ1v) is 7.80. The third kappa shape index (κ3) is 5.38. The topological polar surface area (TPSA) is 81.6 Å². The molecule has 0 bridgehead atoms. The molecule has 20 heavy (non-hydrogen) atoms. The van der Waals surface area contributed by atoms with Gasteiger partial charge in [0.2, 0.25) is 5.91 Å². The highest BCUT2D eigenvalue weighted by Gasteiger charge is 2.29. The van der Waals surface area contributed by atoms with Gasteiger partial charge in [-0.2, -0.15) is 0 Å². The van der Waals surface area contributed by atoms with E-state index in [1.807, 2.05) is 0 Å². The number of carbonyl (C=O) groups is 1. The highest BCUT2D eigenvalue weighted by atomic mass is 16.3. The third-order valence-electron chi connectivity index (χ3n) is 4.37. The van der Waals surface area contributed by atoms with Gasteiger partial charge in [-0.25, -0.2) is 0 Å². The Morgan fingerprint density at radius 3 is 2.70 bits per heavy atom. The fourth-order valence-corrected chi connectivity index (χ4v) is 2.75. The van der Waals surface area contributed by atoms with Crippen LogP contribution in [0.1, 0.15) is 46.5 Å². The summed E-state index contributed by atoms with van der Waals surface area (Å²) in [5.74, 6) is 1.17. The van der Waals surface area contributed by atoms with Gasteiger partial charge >= 0.3 is 0 Å². The number of piperidine rings is 1. The van der Waals surface area contributed by atoms with Crippen molar-refractivity contribution in [1.29, 1.82) is 0 Å². The quantitative estimate of drug-likeness (QED) is 0.554. The van der Waals surface area contributed by atoms with Crippen LogP contribution in [0.3, 0.4) is 0 Å². The van der Waals surface area contributed by atoms with Crippen molar-refractivity contribution in [1.82, 2.24) is 10.6 Å². The molecule has 0 radical (unpaired) electrons. The van der Waals surface area contributed by atoms with Crippen LogP contribution in [0.15, 0.2) is 0 Å². The van der Waals surface area contributed by atoms with Crippen LogP contribution >= 0.6 is 0 Å². The number of aliphatic hydroxyl groups is 2.